The van der Waals surface area contributed by atoms with Gasteiger partial charge in [-0.1, -0.05) is 12.1 Å². The molecule has 1 aromatic carbocycles. The Balaban J connectivity index is 1.59. The van der Waals surface area contributed by atoms with Gasteiger partial charge in [0.05, 0.1) is 13.7 Å². The third kappa shape index (κ3) is 3.97. The Hall–Kier alpha value is -2.27. The van der Waals surface area contributed by atoms with Gasteiger partial charge in [-0.3, -0.25) is 4.90 Å². The van der Waals surface area contributed by atoms with Crippen molar-refractivity contribution in [3.05, 3.63) is 48.2 Å². The number of benzene rings is 1. The highest BCUT2D eigenvalue weighted by atomic mass is 16.5. The molecule has 0 radical (unpaired) electrons. The van der Waals surface area contributed by atoms with E-state index >= 15 is 0 Å². The van der Waals surface area contributed by atoms with Crippen molar-refractivity contribution in [2.24, 2.45) is 0 Å². The Morgan fingerprint density at radius 1 is 1.04 bits per heavy atom. The molecular weight excluding hydrogens is 302 g/mol. The van der Waals surface area contributed by atoms with Crippen molar-refractivity contribution in [3.8, 4) is 11.5 Å². The van der Waals surface area contributed by atoms with E-state index in [9.17, 15) is 0 Å². The largest absolute Gasteiger partial charge is 0.493 e. The molecule has 1 aliphatic heterocycles. The molecule has 0 amide bonds. The molecule has 5 nitrogen and oxygen atoms in total. The van der Waals surface area contributed by atoms with Crippen LogP contribution in [0, 0.1) is 0 Å². The first-order valence-corrected chi connectivity index (χ1v) is 8.48. The van der Waals surface area contributed by atoms with E-state index in [0.717, 1.165) is 50.0 Å². The van der Waals surface area contributed by atoms with Gasteiger partial charge in [-0.25, -0.2) is 4.98 Å². The molecule has 1 saturated heterocycles. The van der Waals surface area contributed by atoms with Gasteiger partial charge < -0.3 is 14.4 Å². The van der Waals surface area contributed by atoms with Crippen molar-refractivity contribution < 1.29 is 9.47 Å². The maximum Gasteiger partial charge on any atom is 0.161 e. The van der Waals surface area contributed by atoms with Gasteiger partial charge >= 0.3 is 0 Å². The van der Waals surface area contributed by atoms with E-state index in [-0.39, 0.29) is 0 Å². The molecule has 24 heavy (non-hydrogen) atoms. The molecule has 0 unspecified atom stereocenters. The second kappa shape index (κ2) is 8.02. The van der Waals surface area contributed by atoms with E-state index in [1.54, 1.807) is 7.11 Å². The van der Waals surface area contributed by atoms with Crippen LogP contribution in [0.3, 0.4) is 0 Å². The summed E-state index contributed by atoms with van der Waals surface area (Å²) < 4.78 is 11.0. The molecule has 0 bridgehead atoms. The van der Waals surface area contributed by atoms with Gasteiger partial charge in [0.25, 0.3) is 0 Å². The van der Waals surface area contributed by atoms with Crippen molar-refractivity contribution in [1.29, 1.82) is 0 Å². The maximum atomic E-state index is 5.67. The Morgan fingerprint density at radius 3 is 2.54 bits per heavy atom. The van der Waals surface area contributed by atoms with Gasteiger partial charge in [0.1, 0.15) is 5.82 Å². The fraction of sp³-hybridized carbons (Fsp3) is 0.421. The third-order valence-electron chi connectivity index (χ3n) is 4.28. The zero-order valence-corrected chi connectivity index (χ0v) is 14.4. The molecule has 0 aliphatic carbocycles. The highest BCUT2D eigenvalue weighted by Crippen LogP contribution is 2.28. The van der Waals surface area contributed by atoms with Crippen LogP contribution in [0.5, 0.6) is 11.5 Å². The fourth-order valence-corrected chi connectivity index (χ4v) is 3.02. The molecule has 0 N–H and O–H groups in total. The molecule has 1 aliphatic rings. The summed E-state index contributed by atoms with van der Waals surface area (Å²) in [7, 11) is 1.67. The molecule has 0 spiro atoms. The Labute approximate surface area is 143 Å². The first-order valence-electron chi connectivity index (χ1n) is 8.48. The Kier molecular flexibility index (Phi) is 5.54. The molecule has 3 rings (SSSR count). The molecule has 5 heteroatoms. The molecule has 2 heterocycles. The number of ether oxygens (including phenoxy) is 2. The summed E-state index contributed by atoms with van der Waals surface area (Å²) >= 11 is 0. The highest BCUT2D eigenvalue weighted by Gasteiger charge is 2.18. The first kappa shape index (κ1) is 16.6. The molecule has 0 atom stereocenters. The monoisotopic (exact) mass is 327 g/mol. The number of hydrogen-bond acceptors (Lipinski definition) is 5. The summed E-state index contributed by atoms with van der Waals surface area (Å²) in [5, 5.41) is 0. The van der Waals surface area contributed by atoms with Gasteiger partial charge in [-0.2, -0.15) is 0 Å². The van der Waals surface area contributed by atoms with Crippen LogP contribution in [-0.2, 0) is 6.54 Å². The SMILES string of the molecule is CCOc1cc(CN2CCN(c3ccccn3)CC2)ccc1OC. The number of methoxy groups -OCH3 is 1. The number of rotatable bonds is 6. The van der Waals surface area contributed by atoms with Gasteiger partial charge in [0.2, 0.25) is 0 Å². The van der Waals surface area contributed by atoms with Crippen molar-refractivity contribution >= 4 is 5.82 Å². The van der Waals surface area contributed by atoms with Gasteiger partial charge in [-0.05, 0) is 36.8 Å². The van der Waals surface area contributed by atoms with Gasteiger partial charge in [-0.15, -0.1) is 0 Å². The van der Waals surface area contributed by atoms with Crippen LogP contribution in [0.1, 0.15) is 12.5 Å². The average molecular weight is 327 g/mol. The number of anilines is 1. The van der Waals surface area contributed by atoms with E-state index in [2.05, 4.69) is 33.0 Å². The Bertz CT molecular complexity index is 640. The van der Waals surface area contributed by atoms with Crippen molar-refractivity contribution in [2.75, 3.05) is 44.8 Å². The summed E-state index contributed by atoms with van der Waals surface area (Å²) in [6, 6.07) is 12.3. The summed E-state index contributed by atoms with van der Waals surface area (Å²) in [5.41, 5.74) is 1.26. The predicted molar refractivity (Wildman–Crippen MR) is 95.9 cm³/mol. The minimum Gasteiger partial charge on any atom is -0.493 e. The second-order valence-electron chi connectivity index (χ2n) is 5.87. The number of hydrogen-bond donors (Lipinski definition) is 0. The van der Waals surface area contributed by atoms with Crippen molar-refractivity contribution in [3.63, 3.8) is 0 Å². The van der Waals surface area contributed by atoms with E-state index in [1.165, 1.54) is 5.56 Å². The zero-order valence-electron chi connectivity index (χ0n) is 14.4. The maximum absolute atomic E-state index is 5.67. The number of piperazine rings is 1. The quantitative estimate of drug-likeness (QED) is 0.816. The molecule has 2 aromatic rings. The molecule has 0 saturated carbocycles. The number of pyridine rings is 1. The lowest BCUT2D eigenvalue weighted by Gasteiger charge is -2.35. The zero-order chi connectivity index (χ0) is 16.8. The van der Waals surface area contributed by atoms with Gasteiger partial charge in [0, 0.05) is 38.9 Å². The normalized spacial score (nSPS) is 15.3. The van der Waals surface area contributed by atoms with E-state index in [4.69, 9.17) is 9.47 Å². The molecular formula is C19H25N3O2. The summed E-state index contributed by atoms with van der Waals surface area (Å²) in [6.07, 6.45) is 1.86. The topological polar surface area (TPSA) is 37.8 Å². The van der Waals surface area contributed by atoms with Crippen LogP contribution >= 0.6 is 0 Å². The van der Waals surface area contributed by atoms with E-state index < -0.39 is 0 Å². The average Bonchev–Trinajstić information content (AvgIpc) is 2.64. The fourth-order valence-electron chi connectivity index (χ4n) is 3.02. The van der Waals surface area contributed by atoms with Gasteiger partial charge in [0.15, 0.2) is 11.5 Å². The second-order valence-corrected chi connectivity index (χ2v) is 5.87. The van der Waals surface area contributed by atoms with Crippen LogP contribution < -0.4 is 14.4 Å². The van der Waals surface area contributed by atoms with Crippen molar-refractivity contribution in [1.82, 2.24) is 9.88 Å². The molecule has 1 aromatic heterocycles. The van der Waals surface area contributed by atoms with Crippen LogP contribution in [0.2, 0.25) is 0 Å². The van der Waals surface area contributed by atoms with Crippen LogP contribution in [0.25, 0.3) is 0 Å². The van der Waals surface area contributed by atoms with Crippen LogP contribution in [-0.4, -0.2) is 49.8 Å². The lowest BCUT2D eigenvalue weighted by molar-refractivity contribution is 0.248. The van der Waals surface area contributed by atoms with Crippen LogP contribution in [0.15, 0.2) is 42.6 Å². The first-order chi connectivity index (χ1) is 11.8. The standard InChI is InChI=1S/C19H25N3O2/c1-3-24-18-14-16(7-8-17(18)23-2)15-21-10-12-22(13-11-21)19-6-4-5-9-20-19/h4-9,14H,3,10-13,15H2,1-2H3. The Morgan fingerprint density at radius 2 is 1.88 bits per heavy atom. The minimum absolute atomic E-state index is 0.641. The number of nitrogens with zero attached hydrogens (tertiary/aromatic N) is 3. The molecule has 128 valence electrons. The van der Waals surface area contributed by atoms with E-state index in [0.29, 0.717) is 6.61 Å². The third-order valence-corrected chi connectivity index (χ3v) is 4.28. The minimum atomic E-state index is 0.641. The lowest BCUT2D eigenvalue weighted by Crippen LogP contribution is -2.46. The smallest absolute Gasteiger partial charge is 0.161 e. The van der Waals surface area contributed by atoms with E-state index in [1.807, 2.05) is 31.3 Å². The molecule has 1 fully saturated rings. The van der Waals surface area contributed by atoms with Crippen molar-refractivity contribution in [2.45, 2.75) is 13.5 Å². The lowest BCUT2D eigenvalue weighted by atomic mass is 10.1. The van der Waals surface area contributed by atoms with Crippen LogP contribution in [0.4, 0.5) is 5.82 Å². The summed E-state index contributed by atoms with van der Waals surface area (Å²) in [5.74, 6) is 2.69. The predicted octanol–water partition coefficient (Wildman–Crippen LogP) is 2.81. The highest BCUT2D eigenvalue weighted by molar-refractivity contribution is 5.43. The summed E-state index contributed by atoms with van der Waals surface area (Å²) in [6.45, 7) is 7.64. The number of aromatic nitrogens is 1. The summed E-state index contributed by atoms with van der Waals surface area (Å²) in [4.78, 5) is 9.25.